The van der Waals surface area contributed by atoms with Crippen molar-refractivity contribution in [3.8, 4) is 6.07 Å². The fourth-order valence-electron chi connectivity index (χ4n) is 2.57. The van der Waals surface area contributed by atoms with E-state index in [0.717, 1.165) is 50.9 Å². The van der Waals surface area contributed by atoms with E-state index >= 15 is 0 Å². The van der Waals surface area contributed by atoms with Gasteiger partial charge in [0.15, 0.2) is 0 Å². The number of nitriles is 1. The third-order valence-corrected chi connectivity index (χ3v) is 3.68. The van der Waals surface area contributed by atoms with Crippen LogP contribution in [0.5, 0.6) is 0 Å². The Balaban J connectivity index is 2.17. The van der Waals surface area contributed by atoms with Crippen LogP contribution in [-0.4, -0.2) is 18.0 Å². The summed E-state index contributed by atoms with van der Waals surface area (Å²) < 4.78 is 37.6. The molecule has 108 valence electrons. The van der Waals surface area contributed by atoms with E-state index in [0.29, 0.717) is 5.56 Å². The molecular weight excluding hydrogens is 265 g/mol. The molecule has 1 aromatic carbocycles. The zero-order chi connectivity index (χ0) is 14.6. The average molecular weight is 282 g/mol. The summed E-state index contributed by atoms with van der Waals surface area (Å²) in [5.41, 5.74) is -0.0313. The van der Waals surface area contributed by atoms with Gasteiger partial charge in [0.1, 0.15) is 6.04 Å². The van der Waals surface area contributed by atoms with Crippen LogP contribution in [0, 0.1) is 11.3 Å². The molecule has 0 amide bonds. The van der Waals surface area contributed by atoms with E-state index in [2.05, 4.69) is 11.0 Å². The molecule has 1 aliphatic rings. The number of likely N-dealkylation sites (tertiary alicyclic amines) is 1. The van der Waals surface area contributed by atoms with E-state index in [-0.39, 0.29) is 0 Å². The van der Waals surface area contributed by atoms with E-state index in [1.165, 1.54) is 12.1 Å². The summed E-state index contributed by atoms with van der Waals surface area (Å²) in [5.74, 6) is 0. The molecule has 1 aromatic rings. The van der Waals surface area contributed by atoms with Crippen molar-refractivity contribution in [1.29, 1.82) is 5.26 Å². The summed E-state index contributed by atoms with van der Waals surface area (Å²) in [4.78, 5) is 2.07. The first-order chi connectivity index (χ1) is 9.52. The SMILES string of the molecule is N#CC(c1ccc(C(F)(F)F)cc1)N1CCCCCC1. The zero-order valence-electron chi connectivity index (χ0n) is 11.2. The highest BCUT2D eigenvalue weighted by atomic mass is 19.4. The highest BCUT2D eigenvalue weighted by Crippen LogP contribution is 2.31. The second-order valence-electron chi connectivity index (χ2n) is 5.10. The molecule has 0 aliphatic carbocycles. The predicted molar refractivity (Wildman–Crippen MR) is 69.8 cm³/mol. The number of rotatable bonds is 2. The second-order valence-corrected chi connectivity index (χ2v) is 5.10. The van der Waals surface area contributed by atoms with Crippen LogP contribution in [0.1, 0.15) is 42.9 Å². The lowest BCUT2D eigenvalue weighted by molar-refractivity contribution is -0.137. The van der Waals surface area contributed by atoms with Crippen LogP contribution in [0.3, 0.4) is 0 Å². The molecule has 1 unspecified atom stereocenters. The molecule has 1 fully saturated rings. The van der Waals surface area contributed by atoms with Crippen molar-refractivity contribution < 1.29 is 13.2 Å². The van der Waals surface area contributed by atoms with Gasteiger partial charge in [0, 0.05) is 0 Å². The van der Waals surface area contributed by atoms with Crippen LogP contribution in [0.15, 0.2) is 24.3 Å². The molecule has 1 saturated heterocycles. The Labute approximate surface area is 116 Å². The molecule has 0 saturated carbocycles. The Morgan fingerprint density at radius 2 is 1.55 bits per heavy atom. The summed E-state index contributed by atoms with van der Waals surface area (Å²) in [7, 11) is 0. The van der Waals surface area contributed by atoms with Gasteiger partial charge in [0.2, 0.25) is 0 Å². The van der Waals surface area contributed by atoms with Crippen LogP contribution in [0.2, 0.25) is 0 Å². The molecular formula is C15H17F3N2. The average Bonchev–Trinajstić information content (AvgIpc) is 2.68. The third kappa shape index (κ3) is 3.51. The minimum Gasteiger partial charge on any atom is -0.284 e. The third-order valence-electron chi connectivity index (χ3n) is 3.68. The smallest absolute Gasteiger partial charge is 0.284 e. The van der Waals surface area contributed by atoms with E-state index in [4.69, 9.17) is 0 Å². The highest BCUT2D eigenvalue weighted by Gasteiger charge is 2.30. The summed E-state index contributed by atoms with van der Waals surface area (Å²) in [5, 5.41) is 9.34. The molecule has 0 spiro atoms. The Morgan fingerprint density at radius 3 is 2.00 bits per heavy atom. The number of hydrogen-bond donors (Lipinski definition) is 0. The molecule has 1 aliphatic heterocycles. The monoisotopic (exact) mass is 282 g/mol. The summed E-state index contributed by atoms with van der Waals surface area (Å²) in [6.45, 7) is 1.67. The first kappa shape index (κ1) is 14.9. The maximum Gasteiger partial charge on any atom is 0.416 e. The van der Waals surface area contributed by atoms with E-state index in [1.54, 1.807) is 0 Å². The Hall–Kier alpha value is -1.54. The van der Waals surface area contributed by atoms with Gasteiger partial charge in [-0.15, -0.1) is 0 Å². The molecule has 0 bridgehead atoms. The van der Waals surface area contributed by atoms with E-state index < -0.39 is 17.8 Å². The van der Waals surface area contributed by atoms with Gasteiger partial charge in [-0.05, 0) is 43.6 Å². The van der Waals surface area contributed by atoms with Crippen LogP contribution in [0.25, 0.3) is 0 Å². The quantitative estimate of drug-likeness (QED) is 0.815. The van der Waals surface area contributed by atoms with Crippen molar-refractivity contribution in [1.82, 2.24) is 4.90 Å². The standard InChI is InChI=1S/C15H17F3N2/c16-15(17,18)13-7-5-12(6-8-13)14(11-19)20-9-3-1-2-4-10-20/h5-8,14H,1-4,9-10H2. The normalized spacial score (nSPS) is 19.1. The van der Waals surface area contributed by atoms with Gasteiger partial charge in [-0.1, -0.05) is 25.0 Å². The van der Waals surface area contributed by atoms with Gasteiger partial charge in [-0.25, -0.2) is 0 Å². The van der Waals surface area contributed by atoms with Crippen molar-refractivity contribution in [3.05, 3.63) is 35.4 Å². The topological polar surface area (TPSA) is 27.0 Å². The minimum absolute atomic E-state index is 0.449. The number of nitrogens with zero attached hydrogens (tertiary/aromatic N) is 2. The molecule has 1 heterocycles. The fourth-order valence-corrected chi connectivity index (χ4v) is 2.57. The first-order valence-corrected chi connectivity index (χ1v) is 6.83. The number of alkyl halides is 3. The summed E-state index contributed by atoms with van der Waals surface area (Å²) in [6.07, 6.45) is 0.0597. The van der Waals surface area contributed by atoms with Gasteiger partial charge in [0.05, 0.1) is 11.6 Å². The molecule has 0 aromatic heterocycles. The van der Waals surface area contributed by atoms with Crippen LogP contribution in [-0.2, 0) is 6.18 Å². The molecule has 5 heteroatoms. The molecule has 0 N–H and O–H groups in total. The molecule has 20 heavy (non-hydrogen) atoms. The molecule has 0 radical (unpaired) electrons. The summed E-state index contributed by atoms with van der Waals surface area (Å²) in [6, 6.07) is 6.71. The van der Waals surface area contributed by atoms with Crippen molar-refractivity contribution >= 4 is 0 Å². The lowest BCUT2D eigenvalue weighted by Crippen LogP contribution is -2.29. The lowest BCUT2D eigenvalue weighted by atomic mass is 10.0. The fraction of sp³-hybridized carbons (Fsp3) is 0.533. The lowest BCUT2D eigenvalue weighted by Gasteiger charge is -2.25. The maximum atomic E-state index is 12.5. The Morgan fingerprint density at radius 1 is 1.00 bits per heavy atom. The van der Waals surface area contributed by atoms with E-state index in [1.807, 2.05) is 0 Å². The predicted octanol–water partition coefficient (Wildman–Crippen LogP) is 4.15. The van der Waals surface area contributed by atoms with Crippen molar-refractivity contribution in [2.45, 2.75) is 37.9 Å². The first-order valence-electron chi connectivity index (χ1n) is 6.83. The maximum absolute atomic E-state index is 12.5. The van der Waals surface area contributed by atoms with Crippen molar-refractivity contribution in [3.63, 3.8) is 0 Å². The Kier molecular flexibility index (Phi) is 4.66. The largest absolute Gasteiger partial charge is 0.416 e. The molecule has 2 rings (SSSR count). The summed E-state index contributed by atoms with van der Waals surface area (Å²) >= 11 is 0. The number of hydrogen-bond acceptors (Lipinski definition) is 2. The van der Waals surface area contributed by atoms with Crippen molar-refractivity contribution in [2.24, 2.45) is 0 Å². The van der Waals surface area contributed by atoms with Gasteiger partial charge in [-0.3, -0.25) is 4.90 Å². The molecule has 1 atom stereocenters. The highest BCUT2D eigenvalue weighted by molar-refractivity contribution is 5.29. The van der Waals surface area contributed by atoms with Crippen molar-refractivity contribution in [2.75, 3.05) is 13.1 Å². The Bertz CT molecular complexity index is 465. The zero-order valence-corrected chi connectivity index (χ0v) is 11.2. The van der Waals surface area contributed by atoms with Crippen LogP contribution in [0.4, 0.5) is 13.2 Å². The van der Waals surface area contributed by atoms with E-state index in [9.17, 15) is 18.4 Å². The second kappa shape index (κ2) is 6.27. The van der Waals surface area contributed by atoms with Gasteiger partial charge >= 0.3 is 6.18 Å². The minimum atomic E-state index is -4.33. The van der Waals surface area contributed by atoms with Gasteiger partial charge < -0.3 is 0 Å². The van der Waals surface area contributed by atoms with Gasteiger partial charge in [-0.2, -0.15) is 18.4 Å². The number of benzene rings is 1. The van der Waals surface area contributed by atoms with Crippen LogP contribution < -0.4 is 0 Å². The molecule has 2 nitrogen and oxygen atoms in total. The van der Waals surface area contributed by atoms with Crippen LogP contribution >= 0.6 is 0 Å². The van der Waals surface area contributed by atoms with Gasteiger partial charge in [0.25, 0.3) is 0 Å². The number of halogens is 3.